The predicted octanol–water partition coefficient (Wildman–Crippen LogP) is 5.82. The molecule has 6 rings (SSSR count). The second-order valence-corrected chi connectivity index (χ2v) is 11.2. The van der Waals surface area contributed by atoms with Gasteiger partial charge in [0.25, 0.3) is 5.91 Å². The van der Waals surface area contributed by atoms with Crippen molar-refractivity contribution < 1.29 is 14.7 Å². The molecule has 0 saturated carbocycles. The third kappa shape index (κ3) is 5.33. The van der Waals surface area contributed by atoms with Crippen molar-refractivity contribution in [3.63, 3.8) is 0 Å². The van der Waals surface area contributed by atoms with Gasteiger partial charge in [-0.25, -0.2) is 14.2 Å². The number of rotatable bonds is 4. The Morgan fingerprint density at radius 3 is 1.63 bits per heavy atom. The number of nitrogens with two attached hydrogens (primary N) is 1. The van der Waals surface area contributed by atoms with Crippen LogP contribution in [-0.2, 0) is 25.7 Å². The summed E-state index contributed by atoms with van der Waals surface area (Å²) in [5.74, 6) is -1.38. The summed E-state index contributed by atoms with van der Waals surface area (Å²) in [5.41, 5.74) is 12.0. The molecular weight excluding hydrogens is 614 g/mol. The fraction of sp³-hybridized carbons (Fsp3) is 0.286. The molecule has 0 radical (unpaired) electrons. The minimum atomic E-state index is -0.938. The number of aromatic nitrogens is 4. The quantitative estimate of drug-likeness (QED) is 0.291. The molecule has 0 bridgehead atoms. The fourth-order valence-electron chi connectivity index (χ4n) is 5.21. The van der Waals surface area contributed by atoms with E-state index in [1.165, 1.54) is 0 Å². The standard InChI is InChI=1S/C14H14BrN3O.C14H13BrN2O2/c15-9-4-3-5-10(8-9)18-12-7-2-1-6-11(12)13(17-18)14(16)19;15-9-4-3-5-10(8-9)17-12-7-2-1-6-11(12)13(16-17)14(18)19/h3-5,8H,1-2,6-7H2,(H2,16,19);3-5,8H,1-2,6-7H2,(H,18,19). The van der Waals surface area contributed by atoms with Crippen LogP contribution in [-0.4, -0.2) is 36.5 Å². The van der Waals surface area contributed by atoms with Crippen molar-refractivity contribution >= 4 is 43.7 Å². The summed E-state index contributed by atoms with van der Waals surface area (Å²) in [6.07, 6.45) is 7.89. The molecule has 4 aromatic rings. The van der Waals surface area contributed by atoms with Crippen molar-refractivity contribution in [3.8, 4) is 11.4 Å². The molecule has 0 spiro atoms. The lowest BCUT2D eigenvalue weighted by atomic mass is 9.95. The maximum atomic E-state index is 11.5. The van der Waals surface area contributed by atoms with Gasteiger partial charge < -0.3 is 10.8 Å². The fourth-order valence-corrected chi connectivity index (χ4v) is 5.98. The van der Waals surface area contributed by atoms with E-state index in [2.05, 4.69) is 42.1 Å². The van der Waals surface area contributed by atoms with Gasteiger partial charge in [0.1, 0.15) is 0 Å². The number of amides is 1. The van der Waals surface area contributed by atoms with E-state index in [1.807, 2.05) is 53.2 Å². The van der Waals surface area contributed by atoms with Gasteiger partial charge in [-0.15, -0.1) is 0 Å². The molecule has 0 atom stereocenters. The molecular formula is C28H27Br2N5O3. The number of halogens is 2. The van der Waals surface area contributed by atoms with Crippen molar-refractivity contribution in [1.82, 2.24) is 19.6 Å². The molecule has 2 aromatic carbocycles. The normalized spacial score (nSPS) is 14.2. The molecule has 2 aromatic heterocycles. The molecule has 10 heteroatoms. The molecule has 2 aliphatic carbocycles. The summed E-state index contributed by atoms with van der Waals surface area (Å²) in [6, 6.07) is 15.7. The SMILES string of the molecule is NC(=O)c1nn(-c2cccc(Br)c2)c2c1CCCC2.O=C(O)c1nn(-c2cccc(Br)c2)c2c1CCCC2. The third-order valence-electron chi connectivity index (χ3n) is 6.90. The lowest BCUT2D eigenvalue weighted by Gasteiger charge is -2.14. The van der Waals surface area contributed by atoms with Crippen LogP contribution in [0.1, 0.15) is 69.2 Å². The number of fused-ring (bicyclic) bond motifs is 2. The van der Waals surface area contributed by atoms with E-state index in [9.17, 15) is 14.7 Å². The maximum Gasteiger partial charge on any atom is 0.356 e. The zero-order valence-corrected chi connectivity index (χ0v) is 23.8. The monoisotopic (exact) mass is 639 g/mol. The molecule has 196 valence electrons. The van der Waals surface area contributed by atoms with E-state index in [-0.39, 0.29) is 5.69 Å². The minimum Gasteiger partial charge on any atom is -0.476 e. The molecule has 0 unspecified atom stereocenters. The number of aromatic carboxylic acids is 1. The molecule has 0 fully saturated rings. The number of hydrogen-bond acceptors (Lipinski definition) is 4. The summed E-state index contributed by atoms with van der Waals surface area (Å²) in [4.78, 5) is 22.8. The van der Waals surface area contributed by atoms with Gasteiger partial charge >= 0.3 is 5.97 Å². The second kappa shape index (κ2) is 11.2. The largest absolute Gasteiger partial charge is 0.476 e. The molecule has 2 aliphatic rings. The number of primary amides is 1. The average Bonchev–Trinajstić information content (AvgIpc) is 3.49. The van der Waals surface area contributed by atoms with Crippen LogP contribution in [0.5, 0.6) is 0 Å². The Hall–Kier alpha value is -3.24. The first-order valence-electron chi connectivity index (χ1n) is 12.6. The van der Waals surface area contributed by atoms with E-state index < -0.39 is 11.9 Å². The summed E-state index contributed by atoms with van der Waals surface area (Å²) in [7, 11) is 0. The number of carbonyl (C=O) groups excluding carboxylic acids is 1. The number of carboxylic acid groups (broad SMARTS) is 1. The topological polar surface area (TPSA) is 116 Å². The highest BCUT2D eigenvalue weighted by molar-refractivity contribution is 9.10. The molecule has 38 heavy (non-hydrogen) atoms. The van der Waals surface area contributed by atoms with E-state index in [0.29, 0.717) is 5.69 Å². The summed E-state index contributed by atoms with van der Waals surface area (Å²) in [6.45, 7) is 0. The van der Waals surface area contributed by atoms with Gasteiger partial charge in [-0.2, -0.15) is 10.2 Å². The summed E-state index contributed by atoms with van der Waals surface area (Å²) in [5, 5.41) is 18.0. The Labute approximate surface area is 237 Å². The Kier molecular flexibility index (Phi) is 7.80. The predicted molar refractivity (Wildman–Crippen MR) is 151 cm³/mol. The van der Waals surface area contributed by atoms with E-state index in [4.69, 9.17) is 5.73 Å². The number of carboxylic acids is 1. The van der Waals surface area contributed by atoms with Gasteiger partial charge in [0.15, 0.2) is 11.4 Å². The first kappa shape index (κ1) is 26.4. The van der Waals surface area contributed by atoms with E-state index in [1.54, 1.807) is 4.68 Å². The van der Waals surface area contributed by atoms with Crippen LogP contribution in [0.25, 0.3) is 11.4 Å². The Morgan fingerprint density at radius 1 is 0.737 bits per heavy atom. The van der Waals surface area contributed by atoms with Crippen molar-refractivity contribution in [3.05, 3.63) is 91.4 Å². The highest BCUT2D eigenvalue weighted by Crippen LogP contribution is 2.29. The Bertz CT molecular complexity index is 1410. The van der Waals surface area contributed by atoms with Crippen LogP contribution in [0.4, 0.5) is 0 Å². The van der Waals surface area contributed by atoms with E-state index >= 15 is 0 Å². The van der Waals surface area contributed by atoms with Crippen LogP contribution < -0.4 is 5.73 Å². The Morgan fingerprint density at radius 2 is 1.18 bits per heavy atom. The molecule has 8 nitrogen and oxygen atoms in total. The first-order valence-corrected chi connectivity index (χ1v) is 14.2. The van der Waals surface area contributed by atoms with Crippen LogP contribution in [0, 0.1) is 0 Å². The Balaban J connectivity index is 0.000000155. The summed E-state index contributed by atoms with van der Waals surface area (Å²) < 4.78 is 5.59. The molecule has 0 saturated heterocycles. The van der Waals surface area contributed by atoms with Gasteiger partial charge in [0.05, 0.1) is 11.4 Å². The smallest absolute Gasteiger partial charge is 0.356 e. The molecule has 3 N–H and O–H groups in total. The van der Waals surface area contributed by atoms with Crippen molar-refractivity contribution in [2.24, 2.45) is 5.73 Å². The highest BCUT2D eigenvalue weighted by Gasteiger charge is 2.26. The van der Waals surface area contributed by atoms with Crippen LogP contribution in [0.2, 0.25) is 0 Å². The summed E-state index contributed by atoms with van der Waals surface area (Å²) >= 11 is 6.89. The number of hydrogen-bond donors (Lipinski definition) is 2. The highest BCUT2D eigenvalue weighted by atomic mass is 79.9. The number of carbonyl (C=O) groups is 2. The second-order valence-electron chi connectivity index (χ2n) is 9.41. The van der Waals surface area contributed by atoms with Crippen molar-refractivity contribution in [2.75, 3.05) is 0 Å². The maximum absolute atomic E-state index is 11.5. The molecule has 1 amide bonds. The van der Waals surface area contributed by atoms with Crippen molar-refractivity contribution in [2.45, 2.75) is 51.4 Å². The van der Waals surface area contributed by atoms with Gasteiger partial charge in [0.2, 0.25) is 0 Å². The van der Waals surface area contributed by atoms with Crippen molar-refractivity contribution in [1.29, 1.82) is 0 Å². The average molecular weight is 641 g/mol. The van der Waals surface area contributed by atoms with Crippen LogP contribution >= 0.6 is 31.9 Å². The minimum absolute atomic E-state index is 0.203. The number of benzene rings is 2. The number of nitrogens with zero attached hydrogens (tertiary/aromatic N) is 4. The molecule has 2 heterocycles. The lowest BCUT2D eigenvalue weighted by molar-refractivity contribution is 0.0688. The zero-order valence-electron chi connectivity index (χ0n) is 20.7. The van der Waals surface area contributed by atoms with Gasteiger partial charge in [-0.05, 0) is 87.8 Å². The lowest BCUT2D eigenvalue weighted by Crippen LogP contribution is -2.15. The van der Waals surface area contributed by atoms with Gasteiger partial charge in [-0.1, -0.05) is 44.0 Å². The molecule has 0 aliphatic heterocycles. The van der Waals surface area contributed by atoms with Crippen LogP contribution in [0.3, 0.4) is 0 Å². The van der Waals surface area contributed by atoms with Gasteiger partial charge in [-0.3, -0.25) is 4.79 Å². The van der Waals surface area contributed by atoms with Crippen LogP contribution in [0.15, 0.2) is 57.5 Å². The van der Waals surface area contributed by atoms with E-state index in [0.717, 1.165) is 94.2 Å². The zero-order chi connectivity index (χ0) is 26.8. The van der Waals surface area contributed by atoms with Gasteiger partial charge in [0, 0.05) is 31.5 Å². The third-order valence-corrected chi connectivity index (χ3v) is 7.89. The first-order chi connectivity index (χ1) is 18.3.